The summed E-state index contributed by atoms with van der Waals surface area (Å²) in [7, 11) is 0. The molecule has 0 unspecified atom stereocenters. The molecule has 0 aromatic heterocycles. The van der Waals surface area contributed by atoms with Crippen LogP contribution in [0.1, 0.15) is 11.1 Å². The highest BCUT2D eigenvalue weighted by molar-refractivity contribution is 5.87. The minimum Gasteiger partial charge on any atom is -0.456 e. The first-order valence-electron chi connectivity index (χ1n) is 6.14. The maximum absolute atomic E-state index is 10.8. The minimum absolute atomic E-state index is 0.448. The molecule has 0 atom stereocenters. The van der Waals surface area contributed by atoms with Crippen LogP contribution in [0.2, 0.25) is 0 Å². The summed E-state index contributed by atoms with van der Waals surface area (Å²) in [5, 5.41) is 10.8. The van der Waals surface area contributed by atoms with E-state index in [1.165, 1.54) is 0 Å². The van der Waals surface area contributed by atoms with E-state index < -0.39 is 4.92 Å². The van der Waals surface area contributed by atoms with E-state index in [1.54, 1.807) is 12.1 Å². The lowest BCUT2D eigenvalue weighted by molar-refractivity contribution is -0.401. The van der Waals surface area contributed by atoms with E-state index in [1.807, 2.05) is 48.5 Å². The van der Waals surface area contributed by atoms with Crippen molar-refractivity contribution >= 4 is 11.3 Å². The molecule has 0 spiro atoms. The first-order valence-corrected chi connectivity index (χ1v) is 6.14. The number of hydrogen-bond donors (Lipinski definition) is 0. The van der Waals surface area contributed by atoms with E-state index >= 15 is 0 Å². The summed E-state index contributed by atoms with van der Waals surface area (Å²) < 4.78 is 5.83. The van der Waals surface area contributed by atoms with Crippen molar-refractivity contribution in [2.24, 2.45) is 0 Å². The van der Waals surface area contributed by atoms with Crippen molar-refractivity contribution in [3.8, 4) is 5.75 Å². The number of nitrogens with zero attached hydrogens (tertiary/aromatic N) is 1. The first kappa shape index (κ1) is 12.2. The second-order valence-corrected chi connectivity index (χ2v) is 4.34. The van der Waals surface area contributed by atoms with Gasteiger partial charge < -0.3 is 4.74 Å². The monoisotopic (exact) mass is 265 g/mol. The van der Waals surface area contributed by atoms with Gasteiger partial charge in [-0.15, -0.1) is 0 Å². The number of fused-ring (bicyclic) bond motifs is 1. The highest BCUT2D eigenvalue weighted by atomic mass is 16.6. The maximum Gasteiger partial charge on any atom is 0.242 e. The normalized spacial score (nSPS) is 15.2. The molecule has 0 saturated heterocycles. The lowest BCUT2D eigenvalue weighted by Crippen LogP contribution is -2.04. The molecule has 4 nitrogen and oxygen atoms in total. The minimum atomic E-state index is -0.448. The molecule has 1 aliphatic heterocycles. The average molecular weight is 265 g/mol. The Labute approximate surface area is 115 Å². The Morgan fingerprint density at radius 2 is 1.70 bits per heavy atom. The fraction of sp³-hybridized carbons (Fsp3) is 0. The number of benzene rings is 2. The number of para-hydroxylation sites is 1. The fourth-order valence-corrected chi connectivity index (χ4v) is 2.13. The predicted molar refractivity (Wildman–Crippen MR) is 76.5 cm³/mol. The molecular formula is C16H11NO3. The molecule has 0 bridgehead atoms. The summed E-state index contributed by atoms with van der Waals surface area (Å²) in [6, 6.07) is 16.8. The molecule has 2 aromatic carbocycles. The zero-order chi connectivity index (χ0) is 13.9. The van der Waals surface area contributed by atoms with E-state index in [4.69, 9.17) is 4.74 Å². The lowest BCUT2D eigenvalue weighted by Gasteiger charge is -2.19. The molecular weight excluding hydrogens is 254 g/mol. The smallest absolute Gasteiger partial charge is 0.242 e. The van der Waals surface area contributed by atoms with Crippen LogP contribution in [0.3, 0.4) is 0 Å². The molecule has 0 N–H and O–H groups in total. The Kier molecular flexibility index (Phi) is 3.05. The molecule has 0 radical (unpaired) electrons. The van der Waals surface area contributed by atoms with Gasteiger partial charge in [-0.25, -0.2) is 0 Å². The fourth-order valence-electron chi connectivity index (χ4n) is 2.13. The van der Waals surface area contributed by atoms with Gasteiger partial charge in [-0.1, -0.05) is 48.5 Å². The van der Waals surface area contributed by atoms with Crippen molar-refractivity contribution in [1.82, 2.24) is 0 Å². The number of ether oxygens (including phenoxy) is 1. The predicted octanol–water partition coefficient (Wildman–Crippen LogP) is 3.74. The van der Waals surface area contributed by atoms with Crippen molar-refractivity contribution in [3.05, 3.63) is 88.1 Å². The summed E-state index contributed by atoms with van der Waals surface area (Å²) in [6.07, 6.45) is 2.70. The second kappa shape index (κ2) is 5.01. The molecule has 0 saturated carbocycles. The topological polar surface area (TPSA) is 52.4 Å². The Morgan fingerprint density at radius 3 is 2.45 bits per heavy atom. The van der Waals surface area contributed by atoms with E-state index in [0.29, 0.717) is 17.1 Å². The van der Waals surface area contributed by atoms with Crippen LogP contribution in [-0.4, -0.2) is 4.92 Å². The summed E-state index contributed by atoms with van der Waals surface area (Å²) in [5.41, 5.74) is 2.15. The Hall–Kier alpha value is -2.88. The number of rotatable bonds is 2. The highest BCUT2D eigenvalue weighted by Crippen LogP contribution is 2.36. The largest absolute Gasteiger partial charge is 0.456 e. The van der Waals surface area contributed by atoms with Crippen LogP contribution in [0.5, 0.6) is 5.75 Å². The van der Waals surface area contributed by atoms with Gasteiger partial charge in [0.05, 0.1) is 10.5 Å². The average Bonchev–Trinajstić information content (AvgIpc) is 2.47. The van der Waals surface area contributed by atoms with E-state index in [-0.39, 0.29) is 0 Å². The van der Waals surface area contributed by atoms with Gasteiger partial charge in [-0.05, 0) is 12.1 Å². The van der Waals surface area contributed by atoms with E-state index in [9.17, 15) is 10.1 Å². The Morgan fingerprint density at radius 1 is 1.00 bits per heavy atom. The van der Waals surface area contributed by atoms with Gasteiger partial charge in [0.1, 0.15) is 11.5 Å². The van der Waals surface area contributed by atoms with Crippen LogP contribution in [0, 0.1) is 10.1 Å². The zero-order valence-corrected chi connectivity index (χ0v) is 10.5. The van der Waals surface area contributed by atoms with Crippen LogP contribution in [-0.2, 0) is 0 Å². The SMILES string of the molecule is O=[N+]([O-])/C=C1/C=C(c2ccccc2)Oc2ccccc21. The highest BCUT2D eigenvalue weighted by Gasteiger charge is 2.19. The second-order valence-electron chi connectivity index (χ2n) is 4.34. The van der Waals surface area contributed by atoms with Gasteiger partial charge >= 0.3 is 0 Å². The van der Waals surface area contributed by atoms with Gasteiger partial charge in [0, 0.05) is 11.1 Å². The lowest BCUT2D eigenvalue weighted by atomic mass is 10.0. The maximum atomic E-state index is 10.8. The quantitative estimate of drug-likeness (QED) is 0.614. The third-order valence-electron chi connectivity index (χ3n) is 3.01. The molecule has 98 valence electrons. The van der Waals surface area contributed by atoms with Crippen molar-refractivity contribution < 1.29 is 9.66 Å². The zero-order valence-electron chi connectivity index (χ0n) is 10.5. The van der Waals surface area contributed by atoms with Crippen molar-refractivity contribution in [1.29, 1.82) is 0 Å². The van der Waals surface area contributed by atoms with Gasteiger partial charge in [-0.3, -0.25) is 10.1 Å². The number of hydrogen-bond acceptors (Lipinski definition) is 3. The third-order valence-corrected chi connectivity index (χ3v) is 3.01. The molecule has 20 heavy (non-hydrogen) atoms. The van der Waals surface area contributed by atoms with Crippen molar-refractivity contribution in [2.45, 2.75) is 0 Å². The molecule has 1 aliphatic rings. The van der Waals surface area contributed by atoms with E-state index in [0.717, 1.165) is 17.3 Å². The van der Waals surface area contributed by atoms with Crippen LogP contribution in [0.4, 0.5) is 0 Å². The van der Waals surface area contributed by atoms with Gasteiger partial charge in [-0.2, -0.15) is 0 Å². The molecule has 1 heterocycles. The molecule has 0 fully saturated rings. The van der Waals surface area contributed by atoms with Crippen LogP contribution < -0.4 is 4.74 Å². The Balaban J connectivity index is 2.12. The van der Waals surface area contributed by atoms with Crippen LogP contribution >= 0.6 is 0 Å². The van der Waals surface area contributed by atoms with Crippen LogP contribution in [0.25, 0.3) is 11.3 Å². The summed E-state index contributed by atoms with van der Waals surface area (Å²) >= 11 is 0. The standard InChI is InChI=1S/C16H11NO3/c18-17(19)11-13-10-16(12-6-2-1-3-7-12)20-15-9-5-4-8-14(13)15/h1-11H/b13-11-. The molecule has 2 aromatic rings. The molecule has 0 amide bonds. The van der Waals surface area contributed by atoms with Crippen LogP contribution in [0.15, 0.2) is 66.9 Å². The van der Waals surface area contributed by atoms with Gasteiger partial charge in [0.25, 0.3) is 0 Å². The van der Waals surface area contributed by atoms with Crippen molar-refractivity contribution in [2.75, 3.05) is 0 Å². The molecule has 3 rings (SSSR count). The summed E-state index contributed by atoms with van der Waals surface area (Å²) in [6.45, 7) is 0. The molecule has 0 aliphatic carbocycles. The van der Waals surface area contributed by atoms with Gasteiger partial charge in [0.15, 0.2) is 0 Å². The summed E-state index contributed by atoms with van der Waals surface area (Å²) in [4.78, 5) is 10.3. The third kappa shape index (κ3) is 2.31. The summed E-state index contributed by atoms with van der Waals surface area (Å²) in [5.74, 6) is 1.24. The Bertz CT molecular complexity index is 718. The number of nitro groups is 1. The molecule has 4 heteroatoms. The first-order chi connectivity index (χ1) is 9.74. The van der Waals surface area contributed by atoms with Gasteiger partial charge in [0.2, 0.25) is 6.20 Å². The number of allylic oxidation sites excluding steroid dienone is 2. The van der Waals surface area contributed by atoms with E-state index in [2.05, 4.69) is 0 Å². The van der Waals surface area contributed by atoms with Crippen molar-refractivity contribution in [3.63, 3.8) is 0 Å².